The summed E-state index contributed by atoms with van der Waals surface area (Å²) in [5, 5.41) is 9.82. The van der Waals surface area contributed by atoms with Crippen molar-refractivity contribution in [2.45, 2.75) is 38.2 Å². The number of nitrogens with zero attached hydrogens (tertiary/aromatic N) is 2. The van der Waals surface area contributed by atoms with Crippen LogP contribution in [0.15, 0.2) is 0 Å². The van der Waals surface area contributed by atoms with Gasteiger partial charge in [-0.2, -0.15) is 0 Å². The number of aliphatic hydroxyl groups is 1. The molecule has 1 atom stereocenters. The Labute approximate surface area is 97.2 Å². The Morgan fingerprint density at radius 3 is 2.50 bits per heavy atom. The van der Waals surface area contributed by atoms with E-state index in [0.29, 0.717) is 13.1 Å². The molecule has 2 aliphatic rings. The molecule has 2 fully saturated rings. The molecule has 0 spiro atoms. The lowest BCUT2D eigenvalue weighted by Crippen LogP contribution is -2.43. The van der Waals surface area contributed by atoms with Crippen LogP contribution >= 0.6 is 0 Å². The molecule has 0 saturated carbocycles. The van der Waals surface area contributed by atoms with Gasteiger partial charge in [0, 0.05) is 26.2 Å². The van der Waals surface area contributed by atoms with Gasteiger partial charge in [-0.15, -0.1) is 0 Å². The fraction of sp³-hybridized carbons (Fsp3) is 0.917. The number of piperidine rings is 1. The van der Waals surface area contributed by atoms with Crippen LogP contribution < -0.4 is 0 Å². The fourth-order valence-corrected chi connectivity index (χ4v) is 2.61. The van der Waals surface area contributed by atoms with Crippen LogP contribution in [0.25, 0.3) is 0 Å². The van der Waals surface area contributed by atoms with Crippen molar-refractivity contribution in [3.05, 3.63) is 0 Å². The number of β-amino-alcohol motifs (C(OH)–C–C–N with tert-alkyl or cyclic N) is 1. The summed E-state index contributed by atoms with van der Waals surface area (Å²) in [7, 11) is 0. The summed E-state index contributed by atoms with van der Waals surface area (Å²) in [6, 6.07) is 0. The smallest absolute Gasteiger partial charge is 0.236 e. The highest BCUT2D eigenvalue weighted by Crippen LogP contribution is 2.20. The summed E-state index contributed by atoms with van der Waals surface area (Å²) in [4.78, 5) is 16.0. The van der Waals surface area contributed by atoms with Crippen molar-refractivity contribution in [3.8, 4) is 0 Å². The summed E-state index contributed by atoms with van der Waals surface area (Å²) in [5.41, 5.74) is -0.595. The maximum Gasteiger partial charge on any atom is 0.236 e. The molecule has 1 unspecified atom stereocenters. The van der Waals surface area contributed by atoms with Crippen molar-refractivity contribution >= 4 is 5.91 Å². The highest BCUT2D eigenvalue weighted by molar-refractivity contribution is 5.78. The first-order valence-electron chi connectivity index (χ1n) is 6.29. The molecule has 0 aromatic heterocycles. The monoisotopic (exact) mass is 226 g/mol. The van der Waals surface area contributed by atoms with Gasteiger partial charge >= 0.3 is 0 Å². The number of hydrogen-bond acceptors (Lipinski definition) is 3. The molecule has 0 radical (unpaired) electrons. The van der Waals surface area contributed by atoms with E-state index in [0.717, 1.165) is 38.9 Å². The molecule has 1 N–H and O–H groups in total. The number of hydrogen-bond donors (Lipinski definition) is 1. The summed E-state index contributed by atoms with van der Waals surface area (Å²) in [6.07, 6.45) is 4.31. The van der Waals surface area contributed by atoms with E-state index >= 15 is 0 Å². The standard InChI is InChI=1S/C12H22N2O2/c1-12(16)5-8-13(10-12)9-11(15)14-6-3-2-4-7-14/h16H,2-10H2,1H3. The van der Waals surface area contributed by atoms with E-state index in [4.69, 9.17) is 0 Å². The van der Waals surface area contributed by atoms with Gasteiger partial charge in [-0.25, -0.2) is 0 Å². The average Bonchev–Trinajstić information content (AvgIpc) is 2.59. The van der Waals surface area contributed by atoms with Gasteiger partial charge in [0.1, 0.15) is 0 Å². The number of carbonyl (C=O) groups excluding carboxylic acids is 1. The zero-order valence-corrected chi connectivity index (χ0v) is 10.1. The first-order valence-corrected chi connectivity index (χ1v) is 6.29. The normalized spacial score (nSPS) is 32.0. The Kier molecular flexibility index (Phi) is 3.50. The third-order valence-corrected chi connectivity index (χ3v) is 3.60. The molecule has 0 aliphatic carbocycles. The molecule has 16 heavy (non-hydrogen) atoms. The second-order valence-electron chi connectivity index (χ2n) is 5.40. The van der Waals surface area contributed by atoms with E-state index in [2.05, 4.69) is 4.90 Å². The van der Waals surface area contributed by atoms with Crippen molar-refractivity contribution < 1.29 is 9.90 Å². The van der Waals surface area contributed by atoms with Crippen LogP contribution in [0.5, 0.6) is 0 Å². The fourth-order valence-electron chi connectivity index (χ4n) is 2.61. The molecule has 2 aliphatic heterocycles. The summed E-state index contributed by atoms with van der Waals surface area (Å²) in [5.74, 6) is 0.234. The molecule has 4 nitrogen and oxygen atoms in total. The van der Waals surface area contributed by atoms with Gasteiger partial charge in [-0.1, -0.05) is 0 Å². The second-order valence-corrected chi connectivity index (χ2v) is 5.40. The van der Waals surface area contributed by atoms with Gasteiger partial charge < -0.3 is 10.0 Å². The van der Waals surface area contributed by atoms with Gasteiger partial charge in [0.2, 0.25) is 5.91 Å². The number of amides is 1. The number of carbonyl (C=O) groups is 1. The van der Waals surface area contributed by atoms with Crippen LogP contribution in [0.2, 0.25) is 0 Å². The second kappa shape index (κ2) is 4.72. The van der Waals surface area contributed by atoms with Gasteiger partial charge in [-0.05, 0) is 32.6 Å². The van der Waals surface area contributed by atoms with E-state index in [-0.39, 0.29) is 5.91 Å². The lowest BCUT2D eigenvalue weighted by atomic mass is 10.1. The molecule has 0 aromatic rings. The van der Waals surface area contributed by atoms with Crippen LogP contribution in [0.4, 0.5) is 0 Å². The Balaban J connectivity index is 1.79. The van der Waals surface area contributed by atoms with E-state index in [1.165, 1.54) is 6.42 Å². The summed E-state index contributed by atoms with van der Waals surface area (Å²) in [6.45, 7) is 5.64. The maximum atomic E-state index is 12.0. The van der Waals surface area contributed by atoms with Crippen molar-refractivity contribution in [3.63, 3.8) is 0 Å². The van der Waals surface area contributed by atoms with Gasteiger partial charge in [0.15, 0.2) is 0 Å². The average molecular weight is 226 g/mol. The van der Waals surface area contributed by atoms with Crippen molar-refractivity contribution in [1.29, 1.82) is 0 Å². The Hall–Kier alpha value is -0.610. The Morgan fingerprint density at radius 1 is 1.25 bits per heavy atom. The molecule has 2 rings (SSSR count). The topological polar surface area (TPSA) is 43.8 Å². The van der Waals surface area contributed by atoms with Crippen molar-refractivity contribution in [2.75, 3.05) is 32.7 Å². The SMILES string of the molecule is CC1(O)CCN(CC(=O)N2CCCCC2)C1. The van der Waals surface area contributed by atoms with E-state index in [1.54, 1.807) is 0 Å². The highest BCUT2D eigenvalue weighted by atomic mass is 16.3. The van der Waals surface area contributed by atoms with Crippen LogP contribution in [0.3, 0.4) is 0 Å². The molecule has 0 aromatic carbocycles. The summed E-state index contributed by atoms with van der Waals surface area (Å²) < 4.78 is 0. The van der Waals surface area contributed by atoms with Gasteiger partial charge in [0.25, 0.3) is 0 Å². The molecule has 2 saturated heterocycles. The number of rotatable bonds is 2. The van der Waals surface area contributed by atoms with Gasteiger partial charge in [0.05, 0.1) is 12.1 Å². The largest absolute Gasteiger partial charge is 0.389 e. The molecular weight excluding hydrogens is 204 g/mol. The van der Waals surface area contributed by atoms with E-state index < -0.39 is 5.60 Å². The van der Waals surface area contributed by atoms with E-state index in [1.807, 2.05) is 11.8 Å². The van der Waals surface area contributed by atoms with Crippen molar-refractivity contribution in [2.24, 2.45) is 0 Å². The quantitative estimate of drug-likeness (QED) is 0.744. The number of likely N-dealkylation sites (tertiary alicyclic amines) is 2. The predicted octanol–water partition coefficient (Wildman–Crippen LogP) is 0.456. The minimum Gasteiger partial charge on any atom is -0.389 e. The molecule has 1 amide bonds. The van der Waals surface area contributed by atoms with Crippen LogP contribution in [-0.2, 0) is 4.79 Å². The lowest BCUT2D eigenvalue weighted by molar-refractivity contribution is -0.133. The Bertz CT molecular complexity index is 260. The van der Waals surface area contributed by atoms with Crippen LogP contribution in [0.1, 0.15) is 32.6 Å². The lowest BCUT2D eigenvalue weighted by Gasteiger charge is -2.28. The van der Waals surface area contributed by atoms with E-state index in [9.17, 15) is 9.90 Å². The molecule has 2 heterocycles. The predicted molar refractivity (Wildman–Crippen MR) is 62.1 cm³/mol. The van der Waals surface area contributed by atoms with Crippen LogP contribution in [0, 0.1) is 0 Å². The van der Waals surface area contributed by atoms with Crippen LogP contribution in [-0.4, -0.2) is 59.1 Å². The maximum absolute atomic E-state index is 12.0. The third kappa shape index (κ3) is 2.95. The zero-order chi connectivity index (χ0) is 11.6. The first kappa shape index (κ1) is 11.9. The first-order chi connectivity index (χ1) is 7.57. The zero-order valence-electron chi connectivity index (χ0n) is 10.1. The summed E-state index contributed by atoms with van der Waals surface area (Å²) >= 11 is 0. The highest BCUT2D eigenvalue weighted by Gasteiger charge is 2.32. The minimum atomic E-state index is -0.595. The molecule has 4 heteroatoms. The molecule has 0 bridgehead atoms. The Morgan fingerprint density at radius 2 is 1.94 bits per heavy atom. The molecule has 92 valence electrons. The molecular formula is C12H22N2O2. The third-order valence-electron chi connectivity index (χ3n) is 3.60. The minimum absolute atomic E-state index is 0.234. The van der Waals surface area contributed by atoms with Gasteiger partial charge in [-0.3, -0.25) is 9.69 Å². The van der Waals surface area contributed by atoms with Crippen molar-refractivity contribution in [1.82, 2.24) is 9.80 Å².